The molecule has 9 heteroatoms. The van der Waals surface area contributed by atoms with Crippen LogP contribution < -0.4 is 10.9 Å². The van der Waals surface area contributed by atoms with Gasteiger partial charge in [-0.3, -0.25) is 24.7 Å². The van der Waals surface area contributed by atoms with Crippen molar-refractivity contribution in [1.82, 2.24) is 9.97 Å². The van der Waals surface area contributed by atoms with E-state index >= 15 is 0 Å². The lowest BCUT2D eigenvalue weighted by molar-refractivity contribution is -0.384. The number of hydrogen-bond acceptors (Lipinski definition) is 6. The summed E-state index contributed by atoms with van der Waals surface area (Å²) in [6.07, 6.45) is 1.01. The number of H-pyrrole nitrogens is 2. The van der Waals surface area contributed by atoms with Crippen molar-refractivity contribution in [3.63, 3.8) is 0 Å². The number of nitro groups is 1. The topological polar surface area (TPSA) is 121 Å². The number of carbonyl (C=O) groups excluding carboxylic acids is 1. The van der Waals surface area contributed by atoms with Crippen LogP contribution in [0.1, 0.15) is 43.7 Å². The van der Waals surface area contributed by atoms with Crippen molar-refractivity contribution in [2.45, 2.75) is 32.6 Å². The molecule has 4 rings (SSSR count). The first-order chi connectivity index (χ1) is 13.2. The lowest BCUT2D eigenvalue weighted by Gasteiger charge is -2.38. The Morgan fingerprint density at radius 1 is 1.14 bits per heavy atom. The maximum absolute atomic E-state index is 13.0. The van der Waals surface area contributed by atoms with E-state index in [1.165, 1.54) is 12.1 Å². The normalized spacial score (nSPS) is 20.2. The molecular formula is C19H18N4O4S. The van der Waals surface area contributed by atoms with Gasteiger partial charge in [0.05, 0.1) is 10.5 Å². The van der Waals surface area contributed by atoms with E-state index < -0.39 is 16.4 Å². The molecule has 0 saturated heterocycles. The van der Waals surface area contributed by atoms with Gasteiger partial charge < -0.3 is 10.3 Å². The number of anilines is 1. The second-order valence-electron chi connectivity index (χ2n) is 7.94. The van der Waals surface area contributed by atoms with Crippen LogP contribution in [-0.4, -0.2) is 20.7 Å². The van der Waals surface area contributed by atoms with E-state index in [0.29, 0.717) is 35.4 Å². The molecule has 0 fully saturated rings. The Morgan fingerprint density at radius 2 is 1.82 bits per heavy atom. The minimum absolute atomic E-state index is 0.0328. The summed E-state index contributed by atoms with van der Waals surface area (Å²) in [5.41, 5.74) is 1.64. The average Bonchev–Trinajstić information content (AvgIpc) is 2.58. The summed E-state index contributed by atoms with van der Waals surface area (Å²) in [5, 5.41) is 14.2. The van der Waals surface area contributed by atoms with E-state index in [-0.39, 0.29) is 21.7 Å². The van der Waals surface area contributed by atoms with Crippen LogP contribution in [0.5, 0.6) is 0 Å². The largest absolute Gasteiger partial charge is 0.344 e. The van der Waals surface area contributed by atoms with Crippen LogP contribution in [0, 0.1) is 20.3 Å². The van der Waals surface area contributed by atoms with Gasteiger partial charge in [-0.05, 0) is 29.6 Å². The summed E-state index contributed by atoms with van der Waals surface area (Å²) in [6.45, 7) is 4.04. The third kappa shape index (κ3) is 2.97. The van der Waals surface area contributed by atoms with Gasteiger partial charge in [0.25, 0.3) is 11.2 Å². The molecule has 8 nitrogen and oxygen atoms in total. The van der Waals surface area contributed by atoms with E-state index in [4.69, 9.17) is 12.2 Å². The standard InChI is InChI=1S/C19H18N4O4S/c1-19(2)7-11-14(12(24)8-19)13(9-3-5-10(6-4-9)23(26)27)15-16(20-11)21-18(28)22-17(15)25/h3-6,13H,7-8H2,1-2H3,(H3,20,21,22,25,28)/t13-/m0/s1. The number of ketones is 1. The smallest absolute Gasteiger partial charge is 0.269 e. The number of benzene rings is 1. The number of allylic oxidation sites excluding steroid dienone is 2. The number of Topliss-reactive ketones (excluding diaryl/α,β-unsaturated/α-hetero) is 1. The average molecular weight is 398 g/mol. The zero-order valence-corrected chi connectivity index (χ0v) is 16.1. The molecule has 1 aliphatic carbocycles. The van der Waals surface area contributed by atoms with Crippen LogP contribution in [0.2, 0.25) is 0 Å². The molecule has 1 atom stereocenters. The highest BCUT2D eigenvalue weighted by molar-refractivity contribution is 7.71. The van der Waals surface area contributed by atoms with Crippen LogP contribution in [0.25, 0.3) is 0 Å². The van der Waals surface area contributed by atoms with Crippen molar-refractivity contribution in [2.75, 3.05) is 5.32 Å². The molecule has 3 N–H and O–H groups in total. The Balaban J connectivity index is 1.96. The minimum Gasteiger partial charge on any atom is -0.344 e. The number of aromatic amines is 2. The van der Waals surface area contributed by atoms with Gasteiger partial charge in [-0.15, -0.1) is 0 Å². The summed E-state index contributed by atoms with van der Waals surface area (Å²) in [4.78, 5) is 41.8. The number of nitro benzene ring substituents is 1. The van der Waals surface area contributed by atoms with Crippen LogP contribution in [-0.2, 0) is 4.79 Å². The molecule has 2 aromatic rings. The van der Waals surface area contributed by atoms with Crippen LogP contribution in [0.4, 0.5) is 11.5 Å². The van der Waals surface area contributed by atoms with Crippen LogP contribution in [0.15, 0.2) is 40.3 Å². The SMILES string of the molecule is CC1(C)CC(=O)C2=C(C1)Nc1[nH]c(=S)[nH]c(=O)c1[C@H]2c1ccc([N+](=O)[O-])cc1. The number of aromatic nitrogens is 2. The lowest BCUT2D eigenvalue weighted by atomic mass is 9.69. The first kappa shape index (κ1) is 18.3. The predicted molar refractivity (Wildman–Crippen MR) is 106 cm³/mol. The van der Waals surface area contributed by atoms with E-state index in [1.807, 2.05) is 13.8 Å². The fourth-order valence-electron chi connectivity index (χ4n) is 4.07. The molecule has 144 valence electrons. The summed E-state index contributed by atoms with van der Waals surface area (Å²) in [5.74, 6) is -0.192. The van der Waals surface area contributed by atoms with Gasteiger partial charge in [0, 0.05) is 35.7 Å². The molecule has 1 aliphatic heterocycles. The lowest BCUT2D eigenvalue weighted by Crippen LogP contribution is -2.36. The molecule has 0 radical (unpaired) electrons. The molecule has 0 amide bonds. The zero-order chi connectivity index (χ0) is 20.2. The number of carbonyl (C=O) groups is 1. The number of nitrogens with zero attached hydrogens (tertiary/aromatic N) is 1. The Kier molecular flexibility index (Phi) is 4.07. The van der Waals surface area contributed by atoms with E-state index in [0.717, 1.165) is 5.70 Å². The minimum atomic E-state index is -0.619. The molecule has 2 heterocycles. The monoisotopic (exact) mass is 398 g/mol. The predicted octanol–water partition coefficient (Wildman–Crippen LogP) is 3.54. The number of rotatable bonds is 2. The van der Waals surface area contributed by atoms with Gasteiger partial charge in [-0.1, -0.05) is 26.0 Å². The Labute approximate surface area is 164 Å². The van der Waals surface area contributed by atoms with Gasteiger partial charge in [0.2, 0.25) is 0 Å². The number of nitrogens with one attached hydrogen (secondary N) is 3. The molecule has 0 spiro atoms. The summed E-state index contributed by atoms with van der Waals surface area (Å²) in [7, 11) is 0. The molecular weight excluding hydrogens is 380 g/mol. The van der Waals surface area contributed by atoms with Crippen molar-refractivity contribution in [1.29, 1.82) is 0 Å². The first-order valence-electron chi connectivity index (χ1n) is 8.80. The van der Waals surface area contributed by atoms with Gasteiger partial charge >= 0.3 is 0 Å². The fourth-order valence-corrected chi connectivity index (χ4v) is 4.26. The number of fused-ring (bicyclic) bond motifs is 1. The van der Waals surface area contributed by atoms with Crippen molar-refractivity contribution < 1.29 is 9.72 Å². The van der Waals surface area contributed by atoms with Crippen molar-refractivity contribution in [3.8, 4) is 0 Å². The van der Waals surface area contributed by atoms with Crippen LogP contribution >= 0.6 is 12.2 Å². The highest BCUT2D eigenvalue weighted by Crippen LogP contribution is 2.47. The summed E-state index contributed by atoms with van der Waals surface area (Å²) < 4.78 is 0.184. The van der Waals surface area contributed by atoms with Gasteiger partial charge in [0.15, 0.2) is 10.6 Å². The van der Waals surface area contributed by atoms with Gasteiger partial charge in [-0.25, -0.2) is 0 Å². The van der Waals surface area contributed by atoms with E-state index in [1.54, 1.807) is 12.1 Å². The third-order valence-corrected chi connectivity index (χ3v) is 5.39. The molecule has 1 aromatic heterocycles. The Morgan fingerprint density at radius 3 is 2.46 bits per heavy atom. The van der Waals surface area contributed by atoms with Crippen molar-refractivity contribution in [3.05, 3.63) is 71.9 Å². The molecule has 0 bridgehead atoms. The zero-order valence-electron chi connectivity index (χ0n) is 15.3. The van der Waals surface area contributed by atoms with E-state index in [9.17, 15) is 19.7 Å². The molecule has 2 aliphatic rings. The summed E-state index contributed by atoms with van der Waals surface area (Å²) in [6, 6.07) is 5.95. The molecule has 0 saturated carbocycles. The number of hydrogen-bond donors (Lipinski definition) is 3. The first-order valence-corrected chi connectivity index (χ1v) is 9.21. The highest BCUT2D eigenvalue weighted by atomic mass is 32.1. The highest BCUT2D eigenvalue weighted by Gasteiger charge is 2.42. The third-order valence-electron chi connectivity index (χ3n) is 5.19. The maximum atomic E-state index is 13.0. The quantitative estimate of drug-likeness (QED) is 0.404. The molecule has 1 aromatic carbocycles. The Bertz CT molecular complexity index is 1160. The molecule has 0 unspecified atom stereocenters. The van der Waals surface area contributed by atoms with Gasteiger partial charge in [-0.2, -0.15) is 0 Å². The molecule has 28 heavy (non-hydrogen) atoms. The van der Waals surface area contributed by atoms with E-state index in [2.05, 4.69) is 15.3 Å². The maximum Gasteiger partial charge on any atom is 0.269 e. The fraction of sp³-hybridized carbons (Fsp3) is 0.316. The second-order valence-corrected chi connectivity index (χ2v) is 8.34. The van der Waals surface area contributed by atoms with Crippen molar-refractivity contribution >= 4 is 29.5 Å². The summed E-state index contributed by atoms with van der Waals surface area (Å²) >= 11 is 5.09. The van der Waals surface area contributed by atoms with Crippen molar-refractivity contribution in [2.24, 2.45) is 5.41 Å². The Hall–Kier alpha value is -3.07. The van der Waals surface area contributed by atoms with Crippen LogP contribution in [0.3, 0.4) is 0 Å². The number of non-ortho nitro benzene ring substituents is 1. The second kappa shape index (κ2) is 6.23. The van der Waals surface area contributed by atoms with Gasteiger partial charge in [0.1, 0.15) is 5.82 Å².